The lowest BCUT2D eigenvalue weighted by Gasteiger charge is -2.23. The fourth-order valence-electron chi connectivity index (χ4n) is 8.81. The molecule has 0 aliphatic heterocycles. The van der Waals surface area contributed by atoms with Gasteiger partial charge in [-0.15, -0.1) is 0 Å². The number of pyridine rings is 3. The molecule has 1 spiro atoms. The molecule has 264 valence electrons. The predicted molar refractivity (Wildman–Crippen MR) is 214 cm³/mol. The standard InChI is InChI=1S/C48H39N3O3/c1-47(2,3)38-18-8-6-14-33(38)31-23-40(35-15-7-9-20-42(35)52)50-44(24-31)53-43-21-11-19-39(49-43)36-17-10-16-34-37-22-32-27-48(25-29-12-4-5-13-30(29)26-48)28-41(32)51-46(37)54-45(34)36/h4-24,52H,25-28H2,1-3H3. The van der Waals surface area contributed by atoms with Crippen LogP contribution in [0.5, 0.6) is 17.5 Å². The second-order valence-corrected chi connectivity index (χ2v) is 16.1. The molecule has 0 saturated carbocycles. The normalized spacial score (nSPS) is 14.5. The number of nitrogens with zero attached hydrogens (tertiary/aromatic N) is 3. The third-order valence-corrected chi connectivity index (χ3v) is 11.3. The second kappa shape index (κ2) is 12.1. The number of benzene rings is 4. The second-order valence-electron chi connectivity index (χ2n) is 16.1. The molecule has 6 heteroatoms. The smallest absolute Gasteiger partial charge is 0.227 e. The molecule has 4 aromatic heterocycles. The van der Waals surface area contributed by atoms with Crippen LogP contribution in [-0.2, 0) is 31.1 Å². The average Bonchev–Trinajstić information content (AvgIpc) is 3.83. The van der Waals surface area contributed by atoms with E-state index < -0.39 is 0 Å². The van der Waals surface area contributed by atoms with Crippen LogP contribution in [0.15, 0.2) is 132 Å². The Hall–Kier alpha value is -6.27. The van der Waals surface area contributed by atoms with Crippen LogP contribution in [-0.4, -0.2) is 20.1 Å². The van der Waals surface area contributed by atoms with Crippen LogP contribution in [0.3, 0.4) is 0 Å². The topological polar surface area (TPSA) is 81.3 Å². The van der Waals surface area contributed by atoms with Crippen LogP contribution < -0.4 is 4.74 Å². The molecule has 54 heavy (non-hydrogen) atoms. The Bertz CT molecular complexity index is 2750. The Morgan fingerprint density at radius 2 is 1.28 bits per heavy atom. The summed E-state index contributed by atoms with van der Waals surface area (Å²) in [5.41, 5.74) is 13.1. The molecule has 6 nitrogen and oxygen atoms in total. The first-order valence-corrected chi connectivity index (χ1v) is 18.7. The number of phenols is 1. The molecular weight excluding hydrogens is 667 g/mol. The number of fused-ring (bicyclic) bond motifs is 5. The van der Waals surface area contributed by atoms with Crippen molar-refractivity contribution in [2.45, 2.75) is 51.9 Å². The molecular formula is C48H39N3O3. The third kappa shape index (κ3) is 5.52. The van der Waals surface area contributed by atoms with Gasteiger partial charge >= 0.3 is 0 Å². The summed E-state index contributed by atoms with van der Waals surface area (Å²) in [6, 6.07) is 42.7. The fourth-order valence-corrected chi connectivity index (χ4v) is 8.81. The van der Waals surface area contributed by atoms with Crippen molar-refractivity contribution in [1.29, 1.82) is 0 Å². The highest BCUT2D eigenvalue weighted by Crippen LogP contribution is 2.48. The van der Waals surface area contributed by atoms with E-state index in [2.05, 4.69) is 81.4 Å². The Labute approximate surface area is 314 Å². The molecule has 0 bridgehead atoms. The fraction of sp³-hybridized carbons (Fsp3) is 0.188. The summed E-state index contributed by atoms with van der Waals surface area (Å²) in [7, 11) is 0. The van der Waals surface area contributed by atoms with Crippen molar-refractivity contribution in [3.63, 3.8) is 0 Å². The molecule has 8 aromatic rings. The number of para-hydroxylation sites is 2. The van der Waals surface area contributed by atoms with Gasteiger partial charge in [0.05, 0.1) is 11.4 Å². The monoisotopic (exact) mass is 705 g/mol. The first-order chi connectivity index (χ1) is 26.2. The van der Waals surface area contributed by atoms with Gasteiger partial charge in [-0.3, -0.25) is 0 Å². The van der Waals surface area contributed by atoms with Crippen LogP contribution >= 0.6 is 0 Å². The highest BCUT2D eigenvalue weighted by atomic mass is 16.5. The van der Waals surface area contributed by atoms with Gasteiger partial charge in [-0.25, -0.2) is 15.0 Å². The van der Waals surface area contributed by atoms with Crippen molar-refractivity contribution >= 4 is 22.1 Å². The van der Waals surface area contributed by atoms with E-state index in [9.17, 15) is 5.11 Å². The van der Waals surface area contributed by atoms with Gasteiger partial charge in [0, 0.05) is 39.7 Å². The van der Waals surface area contributed by atoms with Gasteiger partial charge in [0.1, 0.15) is 11.3 Å². The number of furan rings is 1. The molecule has 2 aliphatic rings. The van der Waals surface area contributed by atoms with Gasteiger partial charge in [0.15, 0.2) is 0 Å². The van der Waals surface area contributed by atoms with Gasteiger partial charge in [0.25, 0.3) is 0 Å². The SMILES string of the molecule is CC(C)(C)c1ccccc1-c1cc(Oc2cccc(-c3cccc4c3oc3nc5c(cc34)CC3(Cc4ccccc4C3)C5)n2)nc(-c2ccccc2O)c1. The minimum Gasteiger partial charge on any atom is -0.507 e. The maximum absolute atomic E-state index is 10.8. The maximum atomic E-state index is 10.8. The third-order valence-electron chi connectivity index (χ3n) is 11.3. The Kier molecular flexibility index (Phi) is 7.28. The average molecular weight is 706 g/mol. The van der Waals surface area contributed by atoms with Crippen molar-refractivity contribution < 1.29 is 14.3 Å². The zero-order valence-corrected chi connectivity index (χ0v) is 30.6. The summed E-state index contributed by atoms with van der Waals surface area (Å²) >= 11 is 0. The number of ether oxygens (including phenoxy) is 1. The molecule has 2 aliphatic carbocycles. The van der Waals surface area contributed by atoms with Crippen LogP contribution in [0.1, 0.15) is 48.7 Å². The molecule has 10 rings (SSSR count). The summed E-state index contributed by atoms with van der Waals surface area (Å²) in [5, 5.41) is 12.9. The molecule has 0 radical (unpaired) electrons. The molecule has 1 N–H and O–H groups in total. The first kappa shape index (κ1) is 32.4. The lowest BCUT2D eigenvalue weighted by atomic mass is 9.82. The summed E-state index contributed by atoms with van der Waals surface area (Å²) in [6.45, 7) is 6.62. The van der Waals surface area contributed by atoms with E-state index in [4.69, 9.17) is 24.1 Å². The Morgan fingerprint density at radius 3 is 2.07 bits per heavy atom. The molecule has 0 atom stereocenters. The summed E-state index contributed by atoms with van der Waals surface area (Å²) in [5.74, 6) is 0.931. The summed E-state index contributed by atoms with van der Waals surface area (Å²) < 4.78 is 13.1. The number of phenolic OH excluding ortho intramolecular Hbond substituents is 1. The number of hydrogen-bond donors (Lipinski definition) is 1. The molecule has 0 amide bonds. The number of rotatable bonds is 5. The molecule has 0 saturated heterocycles. The van der Waals surface area contributed by atoms with Crippen molar-refractivity contribution in [3.8, 4) is 51.2 Å². The van der Waals surface area contributed by atoms with Gasteiger partial charge in [-0.2, -0.15) is 0 Å². The summed E-state index contributed by atoms with van der Waals surface area (Å²) in [4.78, 5) is 15.0. The largest absolute Gasteiger partial charge is 0.507 e. The van der Waals surface area contributed by atoms with Crippen LogP contribution in [0.25, 0.3) is 55.7 Å². The van der Waals surface area contributed by atoms with E-state index in [1.165, 1.54) is 22.3 Å². The molecule has 0 fully saturated rings. The predicted octanol–water partition coefficient (Wildman–Crippen LogP) is 11.5. The van der Waals surface area contributed by atoms with E-state index in [0.717, 1.165) is 70.1 Å². The van der Waals surface area contributed by atoms with Gasteiger partial charge in [-0.1, -0.05) is 99.6 Å². The lowest BCUT2D eigenvalue weighted by molar-refractivity contribution is 0.325. The summed E-state index contributed by atoms with van der Waals surface area (Å²) in [6.07, 6.45) is 4.22. The zero-order chi connectivity index (χ0) is 36.6. The number of aromatic hydroxyl groups is 1. The van der Waals surface area contributed by atoms with Gasteiger partial charge in [0.2, 0.25) is 17.5 Å². The Balaban J connectivity index is 1.01. The maximum Gasteiger partial charge on any atom is 0.227 e. The van der Waals surface area contributed by atoms with Crippen molar-refractivity contribution in [3.05, 3.63) is 155 Å². The first-order valence-electron chi connectivity index (χ1n) is 18.7. The highest BCUT2D eigenvalue weighted by Gasteiger charge is 2.43. The van der Waals surface area contributed by atoms with E-state index in [1.807, 2.05) is 54.6 Å². The highest BCUT2D eigenvalue weighted by molar-refractivity contribution is 6.08. The van der Waals surface area contributed by atoms with E-state index in [1.54, 1.807) is 12.1 Å². The van der Waals surface area contributed by atoms with Crippen molar-refractivity contribution in [2.24, 2.45) is 5.41 Å². The minimum absolute atomic E-state index is 0.0934. The van der Waals surface area contributed by atoms with Crippen LogP contribution in [0, 0.1) is 5.41 Å². The van der Waals surface area contributed by atoms with Gasteiger partial charge in [-0.05, 0) is 106 Å². The van der Waals surface area contributed by atoms with E-state index in [0.29, 0.717) is 28.7 Å². The molecule has 4 heterocycles. The minimum atomic E-state index is -0.0934. The number of hydrogen-bond acceptors (Lipinski definition) is 6. The van der Waals surface area contributed by atoms with Crippen LogP contribution in [0.4, 0.5) is 0 Å². The zero-order valence-electron chi connectivity index (χ0n) is 30.6. The number of aromatic nitrogens is 3. The molecule has 0 unspecified atom stereocenters. The van der Waals surface area contributed by atoms with Crippen LogP contribution in [0.2, 0.25) is 0 Å². The quantitative estimate of drug-likeness (QED) is 0.192. The van der Waals surface area contributed by atoms with Crippen molar-refractivity contribution in [2.75, 3.05) is 0 Å². The lowest BCUT2D eigenvalue weighted by Crippen LogP contribution is -2.21. The van der Waals surface area contributed by atoms with Crippen molar-refractivity contribution in [1.82, 2.24) is 15.0 Å². The Morgan fingerprint density at radius 1 is 0.593 bits per heavy atom. The van der Waals surface area contributed by atoms with Gasteiger partial charge < -0.3 is 14.3 Å². The van der Waals surface area contributed by atoms with E-state index in [-0.39, 0.29) is 16.6 Å². The van der Waals surface area contributed by atoms with E-state index >= 15 is 0 Å². The molecule has 4 aromatic carbocycles.